The molecule has 6 heteroatoms. The van der Waals surface area contributed by atoms with Gasteiger partial charge in [-0.05, 0) is 12.8 Å². The van der Waals surface area contributed by atoms with E-state index >= 15 is 0 Å². The fourth-order valence-corrected chi connectivity index (χ4v) is 6.14. The van der Waals surface area contributed by atoms with Crippen molar-refractivity contribution in [2.75, 3.05) is 11.5 Å². The molecule has 0 aromatic carbocycles. The number of rotatable bonds is 28. The van der Waals surface area contributed by atoms with Crippen LogP contribution in [0, 0.1) is 5.41 Å². The van der Waals surface area contributed by atoms with E-state index in [1.54, 1.807) is 0 Å². The number of carboxylic acids is 2. The molecule has 0 bridgehead atoms. The minimum atomic E-state index is -0.803. The normalized spacial score (nSPS) is 11.4. The minimum Gasteiger partial charge on any atom is -0.481 e. The lowest BCUT2D eigenvalue weighted by Crippen LogP contribution is -2.34. The van der Waals surface area contributed by atoms with E-state index in [2.05, 4.69) is 13.8 Å². The zero-order chi connectivity index (χ0) is 26.0. The average Bonchev–Trinajstić information content (AvgIpc) is 2.83. The molecule has 4 nitrogen and oxygen atoms in total. The van der Waals surface area contributed by atoms with Crippen LogP contribution in [0.5, 0.6) is 0 Å². The smallest absolute Gasteiger partial charge is 0.310 e. The van der Waals surface area contributed by atoms with Gasteiger partial charge < -0.3 is 10.2 Å². The quantitative estimate of drug-likeness (QED) is 0.0954. The summed E-state index contributed by atoms with van der Waals surface area (Å²) in [5.74, 6) is -0.430. The lowest BCUT2D eigenvalue weighted by atomic mass is 9.79. The molecule has 0 aliphatic carbocycles. The maximum absolute atomic E-state index is 12.4. The van der Waals surface area contributed by atoms with Gasteiger partial charge in [0.1, 0.15) is 0 Å². The molecular weight excluding hydrogens is 488 g/mol. The Bertz CT molecular complexity index is 475. The highest BCUT2D eigenvalue weighted by atomic mass is 32.2. The first-order valence-corrected chi connectivity index (χ1v) is 16.2. The summed E-state index contributed by atoms with van der Waals surface area (Å²) in [6.45, 7) is 4.50. The monoisotopic (exact) mass is 546 g/mol. The molecule has 0 aromatic rings. The molecule has 0 saturated carbocycles. The van der Waals surface area contributed by atoms with E-state index in [4.69, 9.17) is 5.11 Å². The van der Waals surface area contributed by atoms with Gasteiger partial charge in [0.15, 0.2) is 0 Å². The second-order valence-corrected chi connectivity index (χ2v) is 11.8. The summed E-state index contributed by atoms with van der Waals surface area (Å²) in [6, 6.07) is 0. The molecule has 214 valence electrons. The predicted molar refractivity (Wildman–Crippen MR) is 160 cm³/mol. The number of carbonyl (C=O) groups is 2. The zero-order valence-electron chi connectivity index (χ0n) is 23.7. The lowest BCUT2D eigenvalue weighted by molar-refractivity contribution is -0.148. The number of thioether (sulfide) groups is 1. The first kappa shape index (κ1) is 37.8. The second kappa shape index (κ2) is 27.7. The van der Waals surface area contributed by atoms with Crippen molar-refractivity contribution in [3.05, 3.63) is 0 Å². The van der Waals surface area contributed by atoms with Crippen LogP contribution in [0.1, 0.15) is 162 Å². The molecule has 0 unspecified atom stereocenters. The Morgan fingerprint density at radius 2 is 0.917 bits per heavy atom. The van der Waals surface area contributed by atoms with E-state index in [-0.39, 0.29) is 19.9 Å². The molecule has 0 saturated heterocycles. The number of hydrogen-bond acceptors (Lipinski definition) is 3. The summed E-state index contributed by atoms with van der Waals surface area (Å²) in [4.78, 5) is 23.3. The first-order chi connectivity index (χ1) is 17.0. The Hall–Kier alpha value is -0.360. The van der Waals surface area contributed by atoms with Crippen LogP contribution in [0.15, 0.2) is 0 Å². The van der Waals surface area contributed by atoms with E-state index in [1.807, 2.05) is 0 Å². The predicted octanol–water partition coefficient (Wildman–Crippen LogP) is 10.5. The third kappa shape index (κ3) is 22.8. The van der Waals surface area contributed by atoms with Crippen molar-refractivity contribution in [1.82, 2.24) is 0 Å². The van der Waals surface area contributed by atoms with Gasteiger partial charge in [-0.1, -0.05) is 142 Å². The Morgan fingerprint density at radius 1 is 0.583 bits per heavy atom. The summed E-state index contributed by atoms with van der Waals surface area (Å²) in [7, 11) is 0. The average molecular weight is 547 g/mol. The van der Waals surface area contributed by atoms with Gasteiger partial charge in [0, 0.05) is 25.0 Å². The summed E-state index contributed by atoms with van der Waals surface area (Å²) < 4.78 is 0. The number of aliphatic carboxylic acids is 2. The van der Waals surface area contributed by atoms with E-state index in [0.717, 1.165) is 38.5 Å². The van der Waals surface area contributed by atoms with Crippen molar-refractivity contribution in [2.45, 2.75) is 162 Å². The van der Waals surface area contributed by atoms with Gasteiger partial charge in [-0.25, -0.2) is 0 Å². The second-order valence-electron chi connectivity index (χ2n) is 10.6. The molecule has 0 heterocycles. The highest BCUT2D eigenvalue weighted by molar-refractivity contribution is 7.99. The molecule has 0 aromatic heterocycles. The topological polar surface area (TPSA) is 74.6 Å². The zero-order valence-corrected chi connectivity index (χ0v) is 25.3. The van der Waals surface area contributed by atoms with Gasteiger partial charge in [-0.2, -0.15) is 11.8 Å². The van der Waals surface area contributed by atoms with Gasteiger partial charge in [-0.15, -0.1) is 0 Å². The molecule has 0 rings (SSSR count). The summed E-state index contributed by atoms with van der Waals surface area (Å²) in [6.07, 6.45) is 26.6. The summed E-state index contributed by atoms with van der Waals surface area (Å²) >= 11 is 1.52. The van der Waals surface area contributed by atoms with Crippen LogP contribution < -0.4 is 0 Å². The fraction of sp³-hybridized carbons (Fsp3) is 0.933. The van der Waals surface area contributed by atoms with Gasteiger partial charge in [-0.3, -0.25) is 9.59 Å². The highest BCUT2D eigenvalue weighted by Crippen LogP contribution is 2.36. The molecule has 0 fully saturated rings. The molecule has 0 atom stereocenters. The first-order valence-electron chi connectivity index (χ1n) is 15.0. The van der Waals surface area contributed by atoms with E-state index in [1.165, 1.54) is 114 Å². The van der Waals surface area contributed by atoms with Gasteiger partial charge in [0.25, 0.3) is 0 Å². The number of carboxylic acid groups (broad SMARTS) is 2. The summed E-state index contributed by atoms with van der Waals surface area (Å²) in [5, 5.41) is 19.1. The molecule has 2 N–H and O–H groups in total. The Morgan fingerprint density at radius 3 is 1.22 bits per heavy atom. The summed E-state index contributed by atoms with van der Waals surface area (Å²) in [5.41, 5.74) is -0.691. The SMILES string of the molecule is CCCCCCCCCCCCC(CCCCCCCCCCCC)(CSCCC(=O)O)C(=O)O.[S]. The van der Waals surface area contributed by atoms with Crippen LogP contribution in [0.25, 0.3) is 0 Å². The van der Waals surface area contributed by atoms with E-state index in [0.29, 0.717) is 11.5 Å². The van der Waals surface area contributed by atoms with Crippen LogP contribution in [0.3, 0.4) is 0 Å². The molecule has 0 amide bonds. The van der Waals surface area contributed by atoms with Crippen molar-refractivity contribution in [1.29, 1.82) is 0 Å². The van der Waals surface area contributed by atoms with Gasteiger partial charge in [0.05, 0.1) is 11.8 Å². The third-order valence-corrected chi connectivity index (χ3v) is 8.56. The molecule has 0 spiro atoms. The minimum absolute atomic E-state index is 0. The lowest BCUT2D eigenvalue weighted by Gasteiger charge is -2.29. The molecule has 36 heavy (non-hydrogen) atoms. The Balaban J connectivity index is 0. The van der Waals surface area contributed by atoms with Crippen molar-refractivity contribution in [3.63, 3.8) is 0 Å². The largest absolute Gasteiger partial charge is 0.481 e. The van der Waals surface area contributed by atoms with Crippen LogP contribution in [-0.4, -0.2) is 33.7 Å². The van der Waals surface area contributed by atoms with Gasteiger partial charge >= 0.3 is 11.9 Å². The van der Waals surface area contributed by atoms with Crippen molar-refractivity contribution >= 4 is 37.2 Å². The molecule has 0 aliphatic heterocycles. The molecule has 2 radical (unpaired) electrons. The Kier molecular flexibility index (Phi) is 29.0. The van der Waals surface area contributed by atoms with Crippen LogP contribution in [0.2, 0.25) is 0 Å². The molecular formula is C30H58O4S2. The van der Waals surface area contributed by atoms with Crippen molar-refractivity contribution < 1.29 is 19.8 Å². The fourth-order valence-electron chi connectivity index (χ4n) is 4.87. The van der Waals surface area contributed by atoms with Crippen molar-refractivity contribution in [2.24, 2.45) is 5.41 Å². The van der Waals surface area contributed by atoms with Crippen molar-refractivity contribution in [3.8, 4) is 0 Å². The van der Waals surface area contributed by atoms with Gasteiger partial charge in [0.2, 0.25) is 0 Å². The standard InChI is InChI=1S/C30H58O4S.S/c1-3-5-7-9-11-13-15-17-19-21-24-30(29(33)34,27-35-26-23-28(31)32)25-22-20-18-16-14-12-10-8-6-4-2;/h3-27H2,1-2H3,(H,31,32)(H,33,34);. The molecule has 0 aliphatic rings. The maximum Gasteiger partial charge on any atom is 0.310 e. The van der Waals surface area contributed by atoms with Crippen LogP contribution >= 0.6 is 25.3 Å². The van der Waals surface area contributed by atoms with E-state index in [9.17, 15) is 14.7 Å². The maximum atomic E-state index is 12.4. The van der Waals surface area contributed by atoms with Crippen LogP contribution in [0.4, 0.5) is 0 Å². The Labute approximate surface area is 235 Å². The number of unbranched alkanes of at least 4 members (excludes halogenated alkanes) is 18. The highest BCUT2D eigenvalue weighted by Gasteiger charge is 2.37. The third-order valence-electron chi connectivity index (χ3n) is 7.31. The number of hydrogen-bond donors (Lipinski definition) is 2. The van der Waals surface area contributed by atoms with E-state index < -0.39 is 17.4 Å². The van der Waals surface area contributed by atoms with Crippen LogP contribution in [-0.2, 0) is 9.59 Å².